The monoisotopic (exact) mass is 326 g/mol. The van der Waals surface area contributed by atoms with Gasteiger partial charge >= 0.3 is 12.1 Å². The zero-order valence-electron chi connectivity index (χ0n) is 11.0. The molecule has 1 fully saturated rings. The largest absolute Gasteiger partial charge is 0.477 e. The number of rotatable bonds is 5. The van der Waals surface area contributed by atoms with Gasteiger partial charge in [0.15, 0.2) is 0 Å². The van der Waals surface area contributed by atoms with Crippen molar-refractivity contribution in [1.29, 1.82) is 0 Å². The fraction of sp³-hybridized carbons (Fsp3) is 0.545. The van der Waals surface area contributed by atoms with Crippen molar-refractivity contribution in [3.05, 3.63) is 18.0 Å². The van der Waals surface area contributed by atoms with E-state index in [1.54, 1.807) is 0 Å². The van der Waals surface area contributed by atoms with Gasteiger partial charge in [-0.05, 0) is 18.9 Å². The second kappa shape index (κ2) is 5.02. The molecular weight excluding hydrogens is 313 g/mol. The molecule has 0 saturated heterocycles. The van der Waals surface area contributed by atoms with E-state index < -0.39 is 39.7 Å². The predicted octanol–water partition coefficient (Wildman–Crippen LogP) is 1.44. The van der Waals surface area contributed by atoms with E-state index in [0.717, 1.165) is 16.8 Å². The van der Waals surface area contributed by atoms with Gasteiger partial charge in [0.05, 0.1) is 0 Å². The molecule has 10 heteroatoms. The summed E-state index contributed by atoms with van der Waals surface area (Å²) in [6, 6.07) is 0.189. The minimum absolute atomic E-state index is 0.309. The Morgan fingerprint density at radius 1 is 1.48 bits per heavy atom. The molecular formula is C11H13F3N2O4S. The Morgan fingerprint density at radius 2 is 2.05 bits per heavy atom. The molecule has 0 aromatic carbocycles. The molecule has 6 nitrogen and oxygen atoms in total. The standard InChI is InChI=1S/C11H13F3N2O4S/c1-15-5-8(4-9(15)10(17)18)21(19,20)16(7-2-3-7)6-11(12,13)14/h4-5,7H,2-3,6H2,1H3,(H,17,18). The van der Waals surface area contributed by atoms with Crippen LogP contribution in [0.3, 0.4) is 0 Å². The summed E-state index contributed by atoms with van der Waals surface area (Å²) in [7, 11) is -3.06. The first-order valence-corrected chi connectivity index (χ1v) is 7.44. The van der Waals surface area contributed by atoms with Crippen LogP contribution in [0.1, 0.15) is 23.3 Å². The molecule has 1 aromatic rings. The summed E-state index contributed by atoms with van der Waals surface area (Å²) in [5.74, 6) is -1.35. The van der Waals surface area contributed by atoms with Crippen molar-refractivity contribution < 1.29 is 31.5 Å². The van der Waals surface area contributed by atoms with E-state index in [2.05, 4.69) is 0 Å². The number of sulfonamides is 1. The quantitative estimate of drug-likeness (QED) is 0.888. The smallest absolute Gasteiger partial charge is 0.402 e. The van der Waals surface area contributed by atoms with Gasteiger partial charge in [0, 0.05) is 19.3 Å². The average molecular weight is 326 g/mol. The summed E-state index contributed by atoms with van der Waals surface area (Å²) >= 11 is 0. The number of carbonyl (C=O) groups is 1. The molecule has 1 aromatic heterocycles. The van der Waals surface area contributed by atoms with Gasteiger partial charge in [-0.3, -0.25) is 0 Å². The van der Waals surface area contributed by atoms with Gasteiger partial charge in [-0.1, -0.05) is 0 Å². The van der Waals surface area contributed by atoms with Gasteiger partial charge in [0.25, 0.3) is 0 Å². The number of hydrogen-bond acceptors (Lipinski definition) is 3. The minimum Gasteiger partial charge on any atom is -0.477 e. The SMILES string of the molecule is Cn1cc(S(=O)(=O)N(CC(F)(F)F)C2CC2)cc1C(=O)O. The van der Waals surface area contributed by atoms with Crippen LogP contribution in [0, 0.1) is 0 Å². The fourth-order valence-electron chi connectivity index (χ4n) is 1.97. The molecule has 0 spiro atoms. The molecule has 21 heavy (non-hydrogen) atoms. The van der Waals surface area contributed by atoms with E-state index in [1.807, 2.05) is 0 Å². The van der Waals surface area contributed by atoms with Crippen molar-refractivity contribution >= 4 is 16.0 Å². The highest BCUT2D eigenvalue weighted by molar-refractivity contribution is 7.89. The van der Waals surface area contributed by atoms with Crippen LogP contribution in [0.5, 0.6) is 0 Å². The molecule has 1 saturated carbocycles. The number of carboxylic acid groups (broad SMARTS) is 1. The van der Waals surface area contributed by atoms with Crippen LogP contribution >= 0.6 is 0 Å². The molecule has 118 valence electrons. The third-order valence-electron chi connectivity index (χ3n) is 3.09. The average Bonchev–Trinajstić information content (AvgIpc) is 3.06. The van der Waals surface area contributed by atoms with Crippen LogP contribution in [-0.2, 0) is 17.1 Å². The summed E-state index contributed by atoms with van der Waals surface area (Å²) in [5.41, 5.74) is -0.309. The van der Waals surface area contributed by atoms with Crippen LogP contribution in [0.4, 0.5) is 13.2 Å². The molecule has 0 radical (unpaired) electrons. The highest BCUT2D eigenvalue weighted by Gasteiger charge is 2.45. The minimum atomic E-state index is -4.65. The Balaban J connectivity index is 2.39. The van der Waals surface area contributed by atoms with E-state index in [1.165, 1.54) is 7.05 Å². The maximum Gasteiger partial charge on any atom is 0.402 e. The maximum atomic E-state index is 12.5. The second-order valence-electron chi connectivity index (χ2n) is 4.87. The number of halogens is 3. The molecule has 0 unspecified atom stereocenters. The van der Waals surface area contributed by atoms with Gasteiger partial charge in [-0.2, -0.15) is 17.5 Å². The van der Waals surface area contributed by atoms with E-state index in [4.69, 9.17) is 5.11 Å². The van der Waals surface area contributed by atoms with Crippen LogP contribution in [-0.4, -0.2) is 47.1 Å². The van der Waals surface area contributed by atoms with Crippen LogP contribution in [0.15, 0.2) is 17.2 Å². The van der Waals surface area contributed by atoms with Crippen LogP contribution < -0.4 is 0 Å². The first-order chi connectivity index (χ1) is 9.52. The molecule has 1 aliphatic carbocycles. The number of aromatic nitrogens is 1. The van der Waals surface area contributed by atoms with Crippen LogP contribution in [0.25, 0.3) is 0 Å². The van der Waals surface area contributed by atoms with Crippen molar-refractivity contribution in [2.24, 2.45) is 7.05 Å². The van der Waals surface area contributed by atoms with Crippen molar-refractivity contribution in [2.75, 3.05) is 6.54 Å². The molecule has 2 rings (SSSR count). The Labute approximate surface area is 118 Å². The third kappa shape index (κ3) is 3.38. The molecule has 0 bridgehead atoms. The Kier molecular flexibility index (Phi) is 3.79. The maximum absolute atomic E-state index is 12.5. The number of nitrogens with zero attached hydrogens (tertiary/aromatic N) is 2. The molecule has 1 heterocycles. The number of aryl methyl sites for hydroxylation is 1. The summed E-state index contributed by atoms with van der Waals surface area (Å²) in [4.78, 5) is 10.5. The lowest BCUT2D eigenvalue weighted by Crippen LogP contribution is -2.40. The highest BCUT2D eigenvalue weighted by Crippen LogP contribution is 2.35. The molecule has 0 aliphatic heterocycles. The molecule has 0 atom stereocenters. The fourth-order valence-corrected chi connectivity index (χ4v) is 3.72. The van der Waals surface area contributed by atoms with Crippen molar-refractivity contribution in [1.82, 2.24) is 8.87 Å². The van der Waals surface area contributed by atoms with Gasteiger partial charge < -0.3 is 9.67 Å². The first kappa shape index (κ1) is 15.8. The van der Waals surface area contributed by atoms with Crippen molar-refractivity contribution in [3.8, 4) is 0 Å². The summed E-state index contributed by atoms with van der Waals surface area (Å²) in [6.45, 7) is -1.57. The second-order valence-corrected chi connectivity index (χ2v) is 6.76. The van der Waals surface area contributed by atoms with E-state index in [-0.39, 0.29) is 5.69 Å². The molecule has 0 amide bonds. The molecule has 1 aliphatic rings. The topological polar surface area (TPSA) is 79.6 Å². The predicted molar refractivity (Wildman–Crippen MR) is 65.3 cm³/mol. The molecule has 1 N–H and O–H groups in total. The summed E-state index contributed by atoms with van der Waals surface area (Å²) in [6.07, 6.45) is -2.91. The zero-order chi connectivity index (χ0) is 16.0. The van der Waals surface area contributed by atoms with Gasteiger partial charge in [0.1, 0.15) is 17.1 Å². The summed E-state index contributed by atoms with van der Waals surface area (Å²) in [5, 5.41) is 8.88. The lowest BCUT2D eigenvalue weighted by Gasteiger charge is -2.22. The summed E-state index contributed by atoms with van der Waals surface area (Å²) < 4.78 is 63.7. The lowest BCUT2D eigenvalue weighted by molar-refractivity contribution is -0.137. The normalized spacial score (nSPS) is 16.4. The van der Waals surface area contributed by atoms with Crippen molar-refractivity contribution in [2.45, 2.75) is 30.0 Å². The third-order valence-corrected chi connectivity index (χ3v) is 4.96. The van der Waals surface area contributed by atoms with Gasteiger partial charge in [-0.25, -0.2) is 13.2 Å². The number of hydrogen-bond donors (Lipinski definition) is 1. The van der Waals surface area contributed by atoms with Crippen LogP contribution in [0.2, 0.25) is 0 Å². The van der Waals surface area contributed by atoms with E-state index >= 15 is 0 Å². The number of aromatic carboxylic acids is 1. The Bertz CT molecular complexity index is 661. The Hall–Kier alpha value is -1.55. The van der Waals surface area contributed by atoms with E-state index in [9.17, 15) is 26.4 Å². The van der Waals surface area contributed by atoms with Crippen molar-refractivity contribution in [3.63, 3.8) is 0 Å². The van der Waals surface area contributed by atoms with Gasteiger partial charge in [0.2, 0.25) is 10.0 Å². The highest BCUT2D eigenvalue weighted by atomic mass is 32.2. The number of alkyl halides is 3. The lowest BCUT2D eigenvalue weighted by atomic mass is 10.4. The first-order valence-electron chi connectivity index (χ1n) is 6.00. The van der Waals surface area contributed by atoms with Gasteiger partial charge in [-0.15, -0.1) is 0 Å². The van der Waals surface area contributed by atoms with E-state index in [0.29, 0.717) is 17.1 Å². The zero-order valence-corrected chi connectivity index (χ0v) is 11.8. The number of carboxylic acids is 1. The Morgan fingerprint density at radius 3 is 2.43 bits per heavy atom.